The molecule has 92 valence electrons. The van der Waals surface area contributed by atoms with E-state index in [-0.39, 0.29) is 0 Å². The Bertz CT molecular complexity index is 476. The number of nitrogens with one attached hydrogen (secondary N) is 1. The summed E-state index contributed by atoms with van der Waals surface area (Å²) in [4.78, 5) is 0. The van der Waals surface area contributed by atoms with Crippen LogP contribution >= 0.6 is 0 Å². The van der Waals surface area contributed by atoms with Crippen molar-refractivity contribution in [3.8, 4) is 0 Å². The summed E-state index contributed by atoms with van der Waals surface area (Å²) in [6.45, 7) is 5.41. The van der Waals surface area contributed by atoms with E-state index < -0.39 is 0 Å². The molecule has 2 rings (SSSR count). The molecule has 0 unspecified atom stereocenters. The zero-order valence-electron chi connectivity index (χ0n) is 10.6. The second-order valence-electron chi connectivity index (χ2n) is 4.13. The number of ether oxygens (including phenoxy) is 1. The van der Waals surface area contributed by atoms with E-state index in [0.717, 1.165) is 26.3 Å². The van der Waals surface area contributed by atoms with E-state index in [1.807, 2.05) is 14.0 Å². The van der Waals surface area contributed by atoms with E-state index in [1.165, 1.54) is 16.5 Å². The van der Waals surface area contributed by atoms with Crippen LogP contribution < -0.4 is 5.32 Å². The zero-order valence-corrected chi connectivity index (χ0v) is 10.6. The molecule has 0 bridgehead atoms. The summed E-state index contributed by atoms with van der Waals surface area (Å²) in [7, 11) is 1.97. The first kappa shape index (κ1) is 12.1. The minimum Gasteiger partial charge on any atom is -0.380 e. The SMILES string of the molecule is CCOCCn1ccc2ccc(CNC)cc21. The minimum atomic E-state index is 0.774. The average Bonchev–Trinajstić information content (AvgIpc) is 2.73. The number of hydrogen-bond donors (Lipinski definition) is 1. The molecule has 0 aliphatic heterocycles. The lowest BCUT2D eigenvalue weighted by Crippen LogP contribution is -2.06. The van der Waals surface area contributed by atoms with E-state index in [1.54, 1.807) is 0 Å². The molecule has 0 aliphatic rings. The van der Waals surface area contributed by atoms with Crippen LogP contribution in [0.15, 0.2) is 30.5 Å². The first-order valence-electron chi connectivity index (χ1n) is 6.15. The first-order valence-corrected chi connectivity index (χ1v) is 6.15. The molecule has 0 aliphatic carbocycles. The van der Waals surface area contributed by atoms with E-state index in [4.69, 9.17) is 4.74 Å². The van der Waals surface area contributed by atoms with Crippen LogP contribution in [0.3, 0.4) is 0 Å². The number of benzene rings is 1. The van der Waals surface area contributed by atoms with Gasteiger partial charge < -0.3 is 14.6 Å². The lowest BCUT2D eigenvalue weighted by atomic mass is 10.1. The Balaban J connectivity index is 2.20. The molecule has 2 aromatic rings. The molecule has 0 amide bonds. The van der Waals surface area contributed by atoms with Crippen LogP contribution in [0, 0.1) is 0 Å². The van der Waals surface area contributed by atoms with E-state index in [2.05, 4.69) is 40.3 Å². The Morgan fingerprint density at radius 3 is 2.94 bits per heavy atom. The summed E-state index contributed by atoms with van der Waals surface area (Å²) in [5.74, 6) is 0. The molecule has 0 fully saturated rings. The van der Waals surface area contributed by atoms with E-state index in [0.29, 0.717) is 0 Å². The number of rotatable bonds is 6. The standard InChI is InChI=1S/C14H20N2O/c1-3-17-9-8-16-7-6-13-5-4-12(11-15-2)10-14(13)16/h4-7,10,15H,3,8-9,11H2,1-2H3. The van der Waals surface area contributed by atoms with Gasteiger partial charge in [-0.05, 0) is 37.1 Å². The van der Waals surface area contributed by atoms with E-state index >= 15 is 0 Å². The third-order valence-electron chi connectivity index (χ3n) is 2.90. The Hall–Kier alpha value is -1.32. The normalized spacial score (nSPS) is 11.2. The lowest BCUT2D eigenvalue weighted by molar-refractivity contribution is 0.140. The second kappa shape index (κ2) is 5.84. The van der Waals surface area contributed by atoms with Gasteiger partial charge >= 0.3 is 0 Å². The average molecular weight is 232 g/mol. The number of nitrogens with zero attached hydrogens (tertiary/aromatic N) is 1. The molecule has 1 aromatic carbocycles. The van der Waals surface area contributed by atoms with Crippen LogP contribution in [0.4, 0.5) is 0 Å². The first-order chi connectivity index (χ1) is 8.35. The van der Waals surface area contributed by atoms with Gasteiger partial charge in [0.15, 0.2) is 0 Å². The number of fused-ring (bicyclic) bond motifs is 1. The van der Waals surface area contributed by atoms with Crippen LogP contribution in [-0.2, 0) is 17.8 Å². The van der Waals surface area contributed by atoms with Crippen molar-refractivity contribution < 1.29 is 4.74 Å². The van der Waals surface area contributed by atoms with Crippen LogP contribution in [0.25, 0.3) is 10.9 Å². The Labute approximate surface area is 102 Å². The van der Waals surface area contributed by atoms with Crippen molar-refractivity contribution >= 4 is 10.9 Å². The van der Waals surface area contributed by atoms with Crippen molar-refractivity contribution in [2.75, 3.05) is 20.3 Å². The summed E-state index contributed by atoms with van der Waals surface area (Å²) in [5, 5.41) is 4.47. The zero-order chi connectivity index (χ0) is 12.1. The van der Waals surface area contributed by atoms with Gasteiger partial charge in [0.05, 0.1) is 6.61 Å². The molecule has 3 nitrogen and oxygen atoms in total. The summed E-state index contributed by atoms with van der Waals surface area (Å²) in [6, 6.07) is 8.76. The van der Waals surface area contributed by atoms with Gasteiger partial charge in [0.1, 0.15) is 0 Å². The molecular weight excluding hydrogens is 212 g/mol. The van der Waals surface area contributed by atoms with Crippen LogP contribution in [0.1, 0.15) is 12.5 Å². The molecule has 0 atom stereocenters. The Kier molecular flexibility index (Phi) is 4.18. The molecule has 0 spiro atoms. The van der Waals surface area contributed by atoms with Gasteiger partial charge in [0.2, 0.25) is 0 Å². The van der Waals surface area contributed by atoms with Crippen LogP contribution in [-0.4, -0.2) is 24.8 Å². The topological polar surface area (TPSA) is 26.2 Å². The predicted molar refractivity (Wildman–Crippen MR) is 71.2 cm³/mol. The number of aromatic nitrogens is 1. The summed E-state index contributed by atoms with van der Waals surface area (Å²) in [6.07, 6.45) is 2.13. The smallest absolute Gasteiger partial charge is 0.0645 e. The molecule has 0 saturated carbocycles. The van der Waals surface area contributed by atoms with Gasteiger partial charge in [-0.2, -0.15) is 0 Å². The summed E-state index contributed by atoms with van der Waals surface area (Å²) >= 11 is 0. The highest BCUT2D eigenvalue weighted by molar-refractivity contribution is 5.80. The quantitative estimate of drug-likeness (QED) is 0.774. The fraction of sp³-hybridized carbons (Fsp3) is 0.429. The molecule has 17 heavy (non-hydrogen) atoms. The monoisotopic (exact) mass is 232 g/mol. The molecular formula is C14H20N2O. The minimum absolute atomic E-state index is 0.774. The molecule has 3 heteroatoms. The van der Waals surface area contributed by atoms with E-state index in [9.17, 15) is 0 Å². The summed E-state index contributed by atoms with van der Waals surface area (Å²) < 4.78 is 7.65. The van der Waals surface area contributed by atoms with Gasteiger partial charge in [-0.3, -0.25) is 0 Å². The van der Waals surface area contributed by atoms with Gasteiger partial charge in [0.25, 0.3) is 0 Å². The molecule has 1 N–H and O–H groups in total. The molecule has 0 saturated heterocycles. The fourth-order valence-corrected chi connectivity index (χ4v) is 2.05. The van der Waals surface area contributed by atoms with Crippen molar-refractivity contribution in [1.29, 1.82) is 0 Å². The fourth-order valence-electron chi connectivity index (χ4n) is 2.05. The lowest BCUT2D eigenvalue weighted by Gasteiger charge is -2.07. The highest BCUT2D eigenvalue weighted by atomic mass is 16.5. The molecule has 1 aromatic heterocycles. The maximum absolute atomic E-state index is 5.40. The maximum atomic E-state index is 5.40. The van der Waals surface area contributed by atoms with Crippen molar-refractivity contribution in [3.63, 3.8) is 0 Å². The molecule has 1 heterocycles. The van der Waals surface area contributed by atoms with Crippen LogP contribution in [0.2, 0.25) is 0 Å². The van der Waals surface area contributed by atoms with Crippen molar-refractivity contribution in [2.24, 2.45) is 0 Å². The third kappa shape index (κ3) is 2.87. The van der Waals surface area contributed by atoms with Crippen molar-refractivity contribution in [2.45, 2.75) is 20.0 Å². The molecule has 0 radical (unpaired) electrons. The predicted octanol–water partition coefficient (Wildman–Crippen LogP) is 2.40. The van der Waals surface area contributed by atoms with Gasteiger partial charge in [-0.1, -0.05) is 12.1 Å². The Morgan fingerprint density at radius 2 is 2.18 bits per heavy atom. The van der Waals surface area contributed by atoms with Crippen LogP contribution in [0.5, 0.6) is 0 Å². The number of hydrogen-bond acceptors (Lipinski definition) is 2. The van der Waals surface area contributed by atoms with Crippen molar-refractivity contribution in [1.82, 2.24) is 9.88 Å². The van der Waals surface area contributed by atoms with Gasteiger partial charge in [0, 0.05) is 31.4 Å². The highest BCUT2D eigenvalue weighted by Crippen LogP contribution is 2.17. The third-order valence-corrected chi connectivity index (χ3v) is 2.90. The van der Waals surface area contributed by atoms with Crippen molar-refractivity contribution in [3.05, 3.63) is 36.0 Å². The Morgan fingerprint density at radius 1 is 1.29 bits per heavy atom. The summed E-state index contributed by atoms with van der Waals surface area (Å²) in [5.41, 5.74) is 2.61. The van der Waals surface area contributed by atoms with Gasteiger partial charge in [-0.15, -0.1) is 0 Å². The van der Waals surface area contributed by atoms with Gasteiger partial charge in [-0.25, -0.2) is 0 Å². The second-order valence-corrected chi connectivity index (χ2v) is 4.13. The highest BCUT2D eigenvalue weighted by Gasteiger charge is 2.02. The largest absolute Gasteiger partial charge is 0.380 e. The maximum Gasteiger partial charge on any atom is 0.0645 e.